The Morgan fingerprint density at radius 3 is 2.48 bits per heavy atom. The number of ether oxygens (including phenoxy) is 3. The fourth-order valence-electron chi connectivity index (χ4n) is 3.22. The summed E-state index contributed by atoms with van der Waals surface area (Å²) in [6.45, 7) is 5.14. The molecule has 0 amide bonds. The van der Waals surface area contributed by atoms with Gasteiger partial charge in [-0.3, -0.25) is 4.90 Å². The maximum atomic E-state index is 13.0. The van der Waals surface area contributed by atoms with E-state index in [-0.39, 0.29) is 12.4 Å². The molecule has 0 saturated carbocycles. The van der Waals surface area contributed by atoms with E-state index in [9.17, 15) is 9.50 Å². The van der Waals surface area contributed by atoms with Gasteiger partial charge in [-0.1, -0.05) is 18.2 Å². The van der Waals surface area contributed by atoms with Crippen LogP contribution in [0, 0.1) is 5.82 Å². The van der Waals surface area contributed by atoms with E-state index in [0.29, 0.717) is 44.3 Å². The smallest absolute Gasteiger partial charge is 0.161 e. The number of β-amino-alcohol motifs (C(OH)–C–C–N with tert-alkyl or cyclic N) is 1. The van der Waals surface area contributed by atoms with E-state index in [1.807, 2.05) is 18.2 Å². The molecule has 1 saturated heterocycles. The van der Waals surface area contributed by atoms with E-state index in [0.717, 1.165) is 24.2 Å². The average Bonchev–Trinajstić information content (AvgIpc) is 2.75. The standard InChI is InChI=1S/C22H29FN2O4/c1-27-22-12-18(14-24-13-17-2-5-19(23)6-3-17)4-7-21(22)29-16-20(26)15-25-8-10-28-11-9-25/h2-7,12,20,24,26H,8-11,13-16H2,1H3. The number of methoxy groups -OCH3 is 1. The number of rotatable bonds is 10. The Morgan fingerprint density at radius 1 is 1.07 bits per heavy atom. The van der Waals surface area contributed by atoms with Crippen molar-refractivity contribution in [3.63, 3.8) is 0 Å². The third-order valence-electron chi connectivity index (χ3n) is 4.80. The Balaban J connectivity index is 1.46. The average molecular weight is 404 g/mol. The third-order valence-corrected chi connectivity index (χ3v) is 4.80. The highest BCUT2D eigenvalue weighted by Gasteiger charge is 2.16. The van der Waals surface area contributed by atoms with Crippen molar-refractivity contribution in [3.05, 3.63) is 59.4 Å². The maximum absolute atomic E-state index is 13.0. The van der Waals surface area contributed by atoms with Crippen LogP contribution in [0.25, 0.3) is 0 Å². The van der Waals surface area contributed by atoms with Crippen molar-refractivity contribution >= 4 is 0 Å². The Hall–Kier alpha value is -2.19. The normalized spacial score (nSPS) is 15.8. The lowest BCUT2D eigenvalue weighted by Crippen LogP contribution is -2.42. The summed E-state index contributed by atoms with van der Waals surface area (Å²) < 4.78 is 29.5. The van der Waals surface area contributed by atoms with Gasteiger partial charge in [-0.2, -0.15) is 0 Å². The molecule has 1 heterocycles. The number of nitrogens with one attached hydrogen (secondary N) is 1. The number of hydrogen-bond acceptors (Lipinski definition) is 6. The van der Waals surface area contributed by atoms with Crippen LogP contribution in [-0.4, -0.2) is 62.7 Å². The molecular formula is C22H29FN2O4. The molecule has 29 heavy (non-hydrogen) atoms. The number of aliphatic hydroxyl groups excluding tert-OH is 1. The van der Waals surface area contributed by atoms with Crippen molar-refractivity contribution in [2.75, 3.05) is 46.6 Å². The van der Waals surface area contributed by atoms with Crippen LogP contribution in [0.4, 0.5) is 4.39 Å². The third kappa shape index (κ3) is 6.97. The molecule has 0 spiro atoms. The SMILES string of the molecule is COc1cc(CNCc2ccc(F)cc2)ccc1OCC(O)CN1CCOCC1. The first-order valence-electron chi connectivity index (χ1n) is 9.87. The van der Waals surface area contributed by atoms with Crippen LogP contribution in [0.1, 0.15) is 11.1 Å². The second kappa shape index (κ2) is 11.1. The molecule has 2 aromatic carbocycles. The summed E-state index contributed by atoms with van der Waals surface area (Å²) in [5, 5.41) is 13.6. The minimum Gasteiger partial charge on any atom is -0.493 e. The van der Waals surface area contributed by atoms with Gasteiger partial charge in [-0.05, 0) is 35.4 Å². The molecule has 1 unspecified atom stereocenters. The molecular weight excluding hydrogens is 375 g/mol. The summed E-state index contributed by atoms with van der Waals surface area (Å²) in [6.07, 6.45) is -0.574. The number of aliphatic hydroxyl groups is 1. The van der Waals surface area contributed by atoms with Gasteiger partial charge in [-0.15, -0.1) is 0 Å². The highest BCUT2D eigenvalue weighted by molar-refractivity contribution is 5.43. The van der Waals surface area contributed by atoms with Crippen LogP contribution >= 0.6 is 0 Å². The van der Waals surface area contributed by atoms with Gasteiger partial charge in [0.15, 0.2) is 11.5 Å². The molecule has 1 atom stereocenters. The quantitative estimate of drug-likeness (QED) is 0.633. The first-order valence-corrected chi connectivity index (χ1v) is 9.87. The molecule has 0 aliphatic carbocycles. The molecule has 0 radical (unpaired) electrons. The van der Waals surface area contributed by atoms with Crippen molar-refractivity contribution in [1.29, 1.82) is 0 Å². The minimum absolute atomic E-state index is 0.204. The lowest BCUT2D eigenvalue weighted by atomic mass is 10.2. The molecule has 6 nitrogen and oxygen atoms in total. The van der Waals surface area contributed by atoms with E-state index >= 15 is 0 Å². The first kappa shape index (κ1) is 21.5. The molecule has 1 aliphatic heterocycles. The molecule has 2 N–H and O–H groups in total. The zero-order chi connectivity index (χ0) is 20.5. The van der Waals surface area contributed by atoms with Gasteiger partial charge in [0.25, 0.3) is 0 Å². The van der Waals surface area contributed by atoms with Gasteiger partial charge in [-0.25, -0.2) is 4.39 Å². The zero-order valence-electron chi connectivity index (χ0n) is 16.8. The van der Waals surface area contributed by atoms with E-state index in [1.165, 1.54) is 12.1 Å². The van der Waals surface area contributed by atoms with Crippen LogP contribution in [0.2, 0.25) is 0 Å². The van der Waals surface area contributed by atoms with Gasteiger partial charge in [0, 0.05) is 32.7 Å². The number of nitrogens with zero attached hydrogens (tertiary/aromatic N) is 1. The fraction of sp³-hybridized carbons (Fsp3) is 0.455. The summed E-state index contributed by atoms with van der Waals surface area (Å²) in [7, 11) is 1.60. The fourth-order valence-corrected chi connectivity index (χ4v) is 3.22. The summed E-state index contributed by atoms with van der Waals surface area (Å²) in [5.41, 5.74) is 2.07. The summed E-state index contributed by atoms with van der Waals surface area (Å²) in [5.74, 6) is 1.00. The van der Waals surface area contributed by atoms with Crippen LogP contribution < -0.4 is 14.8 Å². The van der Waals surface area contributed by atoms with Crippen molar-refractivity contribution in [2.45, 2.75) is 19.2 Å². The second-order valence-corrected chi connectivity index (χ2v) is 7.09. The maximum Gasteiger partial charge on any atom is 0.161 e. The Kier molecular flexibility index (Phi) is 8.25. The number of benzene rings is 2. The molecule has 0 aromatic heterocycles. The highest BCUT2D eigenvalue weighted by Crippen LogP contribution is 2.28. The number of morpholine rings is 1. The molecule has 0 bridgehead atoms. The minimum atomic E-state index is -0.574. The van der Waals surface area contributed by atoms with E-state index in [1.54, 1.807) is 19.2 Å². The first-order chi connectivity index (χ1) is 14.1. The van der Waals surface area contributed by atoms with Gasteiger partial charge < -0.3 is 24.6 Å². The summed E-state index contributed by atoms with van der Waals surface area (Å²) >= 11 is 0. The number of hydrogen-bond donors (Lipinski definition) is 2. The van der Waals surface area contributed by atoms with Crippen molar-refractivity contribution in [2.24, 2.45) is 0 Å². The van der Waals surface area contributed by atoms with Gasteiger partial charge in [0.05, 0.1) is 20.3 Å². The number of halogens is 1. The van der Waals surface area contributed by atoms with Crippen molar-refractivity contribution < 1.29 is 23.7 Å². The molecule has 158 valence electrons. The van der Waals surface area contributed by atoms with Gasteiger partial charge in [0.1, 0.15) is 18.5 Å². The van der Waals surface area contributed by atoms with Gasteiger partial charge >= 0.3 is 0 Å². The Bertz CT molecular complexity index is 751. The topological polar surface area (TPSA) is 63.2 Å². The van der Waals surface area contributed by atoms with Crippen molar-refractivity contribution in [1.82, 2.24) is 10.2 Å². The van der Waals surface area contributed by atoms with Gasteiger partial charge in [0.2, 0.25) is 0 Å². The molecule has 3 rings (SSSR count). The zero-order valence-corrected chi connectivity index (χ0v) is 16.8. The van der Waals surface area contributed by atoms with Crippen LogP contribution in [0.5, 0.6) is 11.5 Å². The van der Waals surface area contributed by atoms with Crippen LogP contribution in [0.3, 0.4) is 0 Å². The highest BCUT2D eigenvalue weighted by atomic mass is 19.1. The molecule has 2 aromatic rings. The van der Waals surface area contributed by atoms with E-state index in [2.05, 4.69) is 10.2 Å². The Labute approximate surface area is 171 Å². The predicted octanol–water partition coefficient (Wildman–Crippen LogP) is 2.20. The lowest BCUT2D eigenvalue weighted by Gasteiger charge is -2.28. The predicted molar refractivity (Wildman–Crippen MR) is 109 cm³/mol. The molecule has 1 fully saturated rings. The largest absolute Gasteiger partial charge is 0.493 e. The summed E-state index contributed by atoms with van der Waals surface area (Å²) in [6, 6.07) is 12.2. The van der Waals surface area contributed by atoms with E-state index < -0.39 is 6.10 Å². The van der Waals surface area contributed by atoms with E-state index in [4.69, 9.17) is 14.2 Å². The second-order valence-electron chi connectivity index (χ2n) is 7.09. The molecule has 7 heteroatoms. The van der Waals surface area contributed by atoms with Crippen LogP contribution in [-0.2, 0) is 17.8 Å². The van der Waals surface area contributed by atoms with Crippen LogP contribution in [0.15, 0.2) is 42.5 Å². The Morgan fingerprint density at radius 2 is 1.76 bits per heavy atom. The molecule has 1 aliphatic rings. The summed E-state index contributed by atoms with van der Waals surface area (Å²) in [4.78, 5) is 2.17. The van der Waals surface area contributed by atoms with Crippen molar-refractivity contribution in [3.8, 4) is 11.5 Å². The lowest BCUT2D eigenvalue weighted by molar-refractivity contribution is 0.00445. The monoisotopic (exact) mass is 404 g/mol.